The zero-order chi connectivity index (χ0) is 14.5. The van der Waals surface area contributed by atoms with E-state index in [1.165, 1.54) is 6.42 Å². The Morgan fingerprint density at radius 3 is 3.15 bits per heavy atom. The zero-order valence-electron chi connectivity index (χ0n) is 12.3. The van der Waals surface area contributed by atoms with Gasteiger partial charge in [-0.15, -0.1) is 0 Å². The van der Waals surface area contributed by atoms with Crippen molar-refractivity contribution in [2.45, 2.75) is 32.7 Å². The number of primary amides is 1. The molecule has 20 heavy (non-hydrogen) atoms. The third-order valence-electron chi connectivity index (χ3n) is 4.04. The molecule has 5 heteroatoms. The highest BCUT2D eigenvalue weighted by atomic mass is 16.1. The van der Waals surface area contributed by atoms with Crippen molar-refractivity contribution in [3.63, 3.8) is 0 Å². The Morgan fingerprint density at radius 1 is 1.65 bits per heavy atom. The fourth-order valence-corrected chi connectivity index (χ4v) is 2.94. The summed E-state index contributed by atoms with van der Waals surface area (Å²) >= 11 is 0. The van der Waals surface area contributed by atoms with E-state index in [0.29, 0.717) is 17.5 Å². The number of nitrogens with one attached hydrogen (secondary N) is 1. The predicted molar refractivity (Wildman–Crippen MR) is 80.8 cm³/mol. The molecule has 1 fully saturated rings. The molecule has 0 aromatic carbocycles. The lowest BCUT2D eigenvalue weighted by Crippen LogP contribution is -2.45. The summed E-state index contributed by atoms with van der Waals surface area (Å²) in [5, 5.41) is 3.49. The molecule has 3 N–H and O–H groups in total. The van der Waals surface area contributed by atoms with Crippen molar-refractivity contribution < 1.29 is 4.79 Å². The minimum absolute atomic E-state index is 0.407. The first kappa shape index (κ1) is 14.8. The molecule has 1 aromatic heterocycles. The van der Waals surface area contributed by atoms with Gasteiger partial charge in [0.2, 0.25) is 0 Å². The summed E-state index contributed by atoms with van der Waals surface area (Å²) < 4.78 is 0. The quantitative estimate of drug-likeness (QED) is 0.852. The van der Waals surface area contributed by atoms with Crippen LogP contribution in [0.15, 0.2) is 18.3 Å². The van der Waals surface area contributed by atoms with Gasteiger partial charge < -0.3 is 16.0 Å². The molecule has 0 spiro atoms. The Bertz CT molecular complexity index is 463. The van der Waals surface area contributed by atoms with Crippen molar-refractivity contribution in [3.05, 3.63) is 23.9 Å². The maximum absolute atomic E-state index is 11.5. The van der Waals surface area contributed by atoms with Crippen LogP contribution in [0.3, 0.4) is 0 Å². The first-order valence-corrected chi connectivity index (χ1v) is 7.36. The van der Waals surface area contributed by atoms with Crippen molar-refractivity contribution in [2.24, 2.45) is 11.7 Å². The number of hydrogen-bond donors (Lipinski definition) is 2. The van der Waals surface area contributed by atoms with E-state index in [1.807, 2.05) is 0 Å². The minimum Gasteiger partial charge on any atom is -0.365 e. The lowest BCUT2D eigenvalue weighted by atomic mass is 9.91. The monoisotopic (exact) mass is 276 g/mol. The molecule has 1 amide bonds. The van der Waals surface area contributed by atoms with E-state index >= 15 is 0 Å². The summed E-state index contributed by atoms with van der Waals surface area (Å²) in [4.78, 5) is 18.1. The first-order chi connectivity index (χ1) is 9.63. The number of nitrogens with zero attached hydrogens (tertiary/aromatic N) is 2. The number of hydrogen-bond acceptors (Lipinski definition) is 4. The van der Waals surface area contributed by atoms with Gasteiger partial charge in [0.25, 0.3) is 5.91 Å². The molecule has 1 aliphatic heterocycles. The number of piperidine rings is 1. The highest BCUT2D eigenvalue weighted by molar-refractivity contribution is 5.97. The highest BCUT2D eigenvalue weighted by Crippen LogP contribution is 2.25. The van der Waals surface area contributed by atoms with E-state index in [4.69, 9.17) is 5.73 Å². The molecule has 0 bridgehead atoms. The van der Waals surface area contributed by atoms with E-state index in [0.717, 1.165) is 31.9 Å². The van der Waals surface area contributed by atoms with Crippen LogP contribution in [0.1, 0.15) is 37.0 Å². The molecule has 2 atom stereocenters. The molecule has 1 aromatic rings. The number of pyridine rings is 1. The number of aromatic nitrogens is 1. The first-order valence-electron chi connectivity index (χ1n) is 7.36. The number of carbonyl (C=O) groups excluding carboxylic acids is 1. The molecule has 1 aliphatic rings. The summed E-state index contributed by atoms with van der Waals surface area (Å²) in [5.41, 5.74) is 5.96. The molecule has 0 saturated carbocycles. The second-order valence-electron chi connectivity index (χ2n) is 5.43. The molecular weight excluding hydrogens is 252 g/mol. The fourth-order valence-electron chi connectivity index (χ4n) is 2.94. The van der Waals surface area contributed by atoms with Gasteiger partial charge in [0, 0.05) is 25.3 Å². The number of rotatable bonds is 5. The Hall–Kier alpha value is -1.62. The highest BCUT2D eigenvalue weighted by Gasteiger charge is 2.26. The molecule has 5 nitrogen and oxygen atoms in total. The average Bonchev–Trinajstić information content (AvgIpc) is 2.47. The smallest absolute Gasteiger partial charge is 0.252 e. The third kappa shape index (κ3) is 3.28. The lowest BCUT2D eigenvalue weighted by Gasteiger charge is -2.37. The van der Waals surface area contributed by atoms with Crippen molar-refractivity contribution >= 4 is 11.7 Å². The van der Waals surface area contributed by atoms with Gasteiger partial charge in [0.05, 0.1) is 5.56 Å². The van der Waals surface area contributed by atoms with Crippen LogP contribution >= 0.6 is 0 Å². The van der Waals surface area contributed by atoms with Crippen LogP contribution in [0.5, 0.6) is 0 Å². The van der Waals surface area contributed by atoms with E-state index in [-0.39, 0.29) is 0 Å². The summed E-state index contributed by atoms with van der Waals surface area (Å²) in [6, 6.07) is 3.98. The van der Waals surface area contributed by atoms with Gasteiger partial charge >= 0.3 is 0 Å². The summed E-state index contributed by atoms with van der Waals surface area (Å²) in [6.07, 6.45) is 4.05. The van der Waals surface area contributed by atoms with Crippen LogP contribution in [0.2, 0.25) is 0 Å². The van der Waals surface area contributed by atoms with Gasteiger partial charge in [-0.2, -0.15) is 0 Å². The van der Waals surface area contributed by atoms with Crippen LogP contribution < -0.4 is 16.0 Å². The van der Waals surface area contributed by atoms with Gasteiger partial charge in [-0.05, 0) is 44.4 Å². The standard InChI is InChI=1S/C15H24N4O/c1-3-17-11(2)12-6-5-9-19(10-12)15-13(14(16)20)7-4-8-18-15/h4,7-8,11-12,17H,3,5-6,9-10H2,1-2H3,(H2,16,20). The maximum atomic E-state index is 11.5. The summed E-state index contributed by atoms with van der Waals surface area (Å²) in [7, 11) is 0. The molecule has 0 aliphatic carbocycles. The topological polar surface area (TPSA) is 71.2 Å². The second kappa shape index (κ2) is 6.70. The molecular formula is C15H24N4O. The zero-order valence-corrected chi connectivity index (χ0v) is 12.3. The van der Waals surface area contributed by atoms with Gasteiger partial charge in [0.15, 0.2) is 0 Å². The minimum atomic E-state index is -0.407. The number of amides is 1. The number of nitrogens with two attached hydrogens (primary N) is 1. The maximum Gasteiger partial charge on any atom is 0.252 e. The summed E-state index contributed by atoms with van der Waals surface area (Å²) in [5.74, 6) is 0.898. The Kier molecular flexibility index (Phi) is 4.95. The number of anilines is 1. The largest absolute Gasteiger partial charge is 0.365 e. The van der Waals surface area contributed by atoms with Crippen LogP contribution in [-0.4, -0.2) is 36.6 Å². The average molecular weight is 276 g/mol. The van der Waals surface area contributed by atoms with E-state index in [1.54, 1.807) is 18.3 Å². The molecule has 0 radical (unpaired) electrons. The van der Waals surface area contributed by atoms with Crippen LogP contribution in [-0.2, 0) is 0 Å². The van der Waals surface area contributed by atoms with Gasteiger partial charge in [-0.3, -0.25) is 4.79 Å². The molecule has 110 valence electrons. The van der Waals surface area contributed by atoms with Crippen LogP contribution in [0.25, 0.3) is 0 Å². The predicted octanol–water partition coefficient (Wildman–Crippen LogP) is 1.39. The van der Waals surface area contributed by atoms with E-state index in [2.05, 4.69) is 29.0 Å². The van der Waals surface area contributed by atoms with Gasteiger partial charge in [-0.25, -0.2) is 4.98 Å². The lowest BCUT2D eigenvalue weighted by molar-refractivity contribution is 0.100. The molecule has 2 unspecified atom stereocenters. The van der Waals surface area contributed by atoms with E-state index < -0.39 is 5.91 Å². The van der Waals surface area contributed by atoms with Crippen molar-refractivity contribution in [1.29, 1.82) is 0 Å². The Labute approximate surface area is 120 Å². The summed E-state index contributed by atoms with van der Waals surface area (Å²) in [6.45, 7) is 7.19. The Morgan fingerprint density at radius 2 is 2.45 bits per heavy atom. The van der Waals surface area contributed by atoms with Crippen LogP contribution in [0, 0.1) is 5.92 Å². The normalized spacial score (nSPS) is 20.7. The van der Waals surface area contributed by atoms with Crippen molar-refractivity contribution in [1.82, 2.24) is 10.3 Å². The Balaban J connectivity index is 2.15. The fraction of sp³-hybridized carbons (Fsp3) is 0.600. The van der Waals surface area contributed by atoms with E-state index in [9.17, 15) is 4.79 Å². The van der Waals surface area contributed by atoms with Gasteiger partial charge in [0.1, 0.15) is 5.82 Å². The molecule has 2 rings (SSSR count). The number of carbonyl (C=O) groups is 1. The van der Waals surface area contributed by atoms with Crippen LogP contribution in [0.4, 0.5) is 5.82 Å². The molecule has 2 heterocycles. The van der Waals surface area contributed by atoms with Crippen molar-refractivity contribution in [3.8, 4) is 0 Å². The van der Waals surface area contributed by atoms with Crippen molar-refractivity contribution in [2.75, 3.05) is 24.5 Å². The van der Waals surface area contributed by atoms with Gasteiger partial charge in [-0.1, -0.05) is 6.92 Å². The second-order valence-corrected chi connectivity index (χ2v) is 5.43. The molecule has 1 saturated heterocycles. The third-order valence-corrected chi connectivity index (χ3v) is 4.04. The SMILES string of the molecule is CCNC(C)C1CCCN(c2ncccc2C(N)=O)C1.